The van der Waals surface area contributed by atoms with E-state index in [-0.39, 0.29) is 30.9 Å². The van der Waals surface area contributed by atoms with E-state index in [1.807, 2.05) is 24.3 Å². The number of carbonyl (C=O) groups is 1. The zero-order valence-electron chi connectivity index (χ0n) is 21.1. The number of hydrogen-bond donors (Lipinski definition) is 1. The number of rotatable bonds is 10. The summed E-state index contributed by atoms with van der Waals surface area (Å²) >= 11 is 0. The Morgan fingerprint density at radius 1 is 1.11 bits per heavy atom. The molecule has 4 rings (SSSR count). The molecule has 9 nitrogen and oxygen atoms in total. The molecule has 1 aromatic heterocycles. The zero-order valence-corrected chi connectivity index (χ0v) is 21.1. The molecule has 0 bridgehead atoms. The topological polar surface area (TPSA) is 108 Å². The predicted octanol–water partition coefficient (Wildman–Crippen LogP) is 3.29. The Bertz CT molecular complexity index is 1300. The quantitative estimate of drug-likeness (QED) is 0.415. The van der Waals surface area contributed by atoms with Crippen LogP contribution < -0.4 is 5.43 Å². The highest BCUT2D eigenvalue weighted by Crippen LogP contribution is 2.32. The fraction of sp³-hybridized carbons (Fsp3) is 0.357. The van der Waals surface area contributed by atoms with Gasteiger partial charge in [0.2, 0.25) is 6.29 Å². The molecular weight excluding hydrogens is 478 g/mol. The predicted molar refractivity (Wildman–Crippen MR) is 135 cm³/mol. The summed E-state index contributed by atoms with van der Waals surface area (Å²) in [5.41, 5.74) is 2.42. The molecule has 196 valence electrons. The van der Waals surface area contributed by atoms with E-state index in [2.05, 4.69) is 0 Å². The van der Waals surface area contributed by atoms with Crippen LogP contribution in [0, 0.1) is 0 Å². The van der Waals surface area contributed by atoms with E-state index < -0.39 is 24.4 Å². The standard InChI is InChI=1S/C28H31NO8/c1-29(14-26(33-2)34-3)28(32)24-12-20(22-17-35-23-7-5-4-6-21(23)27(22)31)13-25(37-24)36-16-19-10-8-18(15-30)9-11-19/h4-12,17,20,25-26,30H,13-16H2,1-3H3/t20-,25+/m0/s1. The summed E-state index contributed by atoms with van der Waals surface area (Å²) in [7, 11) is 4.61. The molecule has 1 aliphatic rings. The van der Waals surface area contributed by atoms with E-state index in [4.69, 9.17) is 23.4 Å². The van der Waals surface area contributed by atoms with E-state index in [9.17, 15) is 14.7 Å². The van der Waals surface area contributed by atoms with Gasteiger partial charge in [0.1, 0.15) is 5.58 Å². The van der Waals surface area contributed by atoms with Gasteiger partial charge in [-0.15, -0.1) is 0 Å². The maximum Gasteiger partial charge on any atom is 0.288 e. The second kappa shape index (κ2) is 12.2. The lowest BCUT2D eigenvalue weighted by molar-refractivity contribution is -0.160. The van der Waals surface area contributed by atoms with Crippen LogP contribution in [-0.4, -0.2) is 56.3 Å². The highest BCUT2D eigenvalue weighted by Gasteiger charge is 2.32. The van der Waals surface area contributed by atoms with E-state index in [1.54, 1.807) is 37.4 Å². The molecule has 2 heterocycles. The lowest BCUT2D eigenvalue weighted by Gasteiger charge is -2.31. The number of benzene rings is 2. The minimum absolute atomic E-state index is 0.0420. The lowest BCUT2D eigenvalue weighted by atomic mass is 9.93. The Morgan fingerprint density at radius 2 is 1.81 bits per heavy atom. The third-order valence-electron chi connectivity index (χ3n) is 6.31. The number of aliphatic hydroxyl groups is 1. The molecule has 0 spiro atoms. The van der Waals surface area contributed by atoms with Gasteiger partial charge in [0.25, 0.3) is 5.91 Å². The van der Waals surface area contributed by atoms with Crippen LogP contribution in [0.15, 0.2) is 75.8 Å². The highest BCUT2D eigenvalue weighted by atomic mass is 16.7. The van der Waals surface area contributed by atoms with Crippen LogP contribution in [0.5, 0.6) is 0 Å². The van der Waals surface area contributed by atoms with Gasteiger partial charge in [0.15, 0.2) is 17.5 Å². The van der Waals surface area contributed by atoms with Gasteiger partial charge in [0.05, 0.1) is 31.4 Å². The summed E-state index contributed by atoms with van der Waals surface area (Å²) in [6.45, 7) is 0.361. The number of nitrogens with zero attached hydrogens (tertiary/aromatic N) is 1. The third-order valence-corrected chi connectivity index (χ3v) is 6.31. The zero-order chi connectivity index (χ0) is 26.4. The smallest absolute Gasteiger partial charge is 0.288 e. The second-order valence-corrected chi connectivity index (χ2v) is 8.81. The molecule has 0 radical (unpaired) electrons. The van der Waals surface area contributed by atoms with Crippen LogP contribution in [0.25, 0.3) is 11.0 Å². The maximum absolute atomic E-state index is 13.3. The Labute approximate surface area is 214 Å². The Kier molecular flexibility index (Phi) is 8.73. The van der Waals surface area contributed by atoms with Gasteiger partial charge in [0, 0.05) is 39.2 Å². The van der Waals surface area contributed by atoms with Crippen molar-refractivity contribution in [3.8, 4) is 0 Å². The molecule has 0 fully saturated rings. The summed E-state index contributed by atoms with van der Waals surface area (Å²) in [5.74, 6) is -0.794. The number of fused-ring (bicyclic) bond motifs is 1. The number of para-hydroxylation sites is 1. The van der Waals surface area contributed by atoms with Crippen molar-refractivity contribution in [2.24, 2.45) is 0 Å². The first kappa shape index (κ1) is 26.6. The van der Waals surface area contributed by atoms with Crippen LogP contribution in [0.2, 0.25) is 0 Å². The van der Waals surface area contributed by atoms with E-state index in [0.717, 1.165) is 11.1 Å². The van der Waals surface area contributed by atoms with Gasteiger partial charge >= 0.3 is 0 Å². The van der Waals surface area contributed by atoms with Crippen molar-refractivity contribution in [1.29, 1.82) is 0 Å². The fourth-order valence-corrected chi connectivity index (χ4v) is 4.15. The number of amides is 1. The second-order valence-electron chi connectivity index (χ2n) is 8.81. The van der Waals surface area contributed by atoms with Crippen molar-refractivity contribution in [1.82, 2.24) is 4.90 Å². The number of aliphatic hydroxyl groups excluding tert-OH is 1. The Morgan fingerprint density at radius 3 is 2.51 bits per heavy atom. The Hall–Kier alpha value is -3.50. The molecule has 9 heteroatoms. The van der Waals surface area contributed by atoms with Crippen LogP contribution in [0.1, 0.15) is 29.0 Å². The number of likely N-dealkylation sites (N-methyl/N-ethyl adjacent to an activating group) is 1. The molecule has 2 atom stereocenters. The summed E-state index contributed by atoms with van der Waals surface area (Å²) in [5, 5.41) is 9.72. The first-order valence-electron chi connectivity index (χ1n) is 11.9. The van der Waals surface area contributed by atoms with E-state index >= 15 is 0 Å². The van der Waals surface area contributed by atoms with Crippen molar-refractivity contribution in [3.63, 3.8) is 0 Å². The van der Waals surface area contributed by atoms with Gasteiger partial charge in [-0.25, -0.2) is 0 Å². The molecular formula is C28H31NO8. The first-order valence-corrected chi connectivity index (χ1v) is 11.9. The molecule has 1 amide bonds. The third kappa shape index (κ3) is 6.26. The molecule has 1 N–H and O–H groups in total. The summed E-state index contributed by atoms with van der Waals surface area (Å²) < 4.78 is 28.1. The largest absolute Gasteiger partial charge is 0.464 e. The summed E-state index contributed by atoms with van der Waals surface area (Å²) in [4.78, 5) is 28.0. The molecule has 0 aliphatic carbocycles. The van der Waals surface area contributed by atoms with Crippen LogP contribution in [0.3, 0.4) is 0 Å². The lowest BCUT2D eigenvalue weighted by Crippen LogP contribution is -2.39. The van der Waals surface area contributed by atoms with Crippen molar-refractivity contribution < 1.29 is 33.3 Å². The highest BCUT2D eigenvalue weighted by molar-refractivity contribution is 5.91. The van der Waals surface area contributed by atoms with Crippen molar-refractivity contribution in [2.45, 2.75) is 38.1 Å². The normalized spacial score (nSPS) is 17.5. The average molecular weight is 510 g/mol. The Balaban J connectivity index is 1.60. The van der Waals surface area contributed by atoms with Crippen LogP contribution in [0.4, 0.5) is 0 Å². The average Bonchev–Trinajstić information content (AvgIpc) is 2.94. The molecule has 0 unspecified atom stereocenters. The number of allylic oxidation sites excluding steroid dienone is 1. The fourth-order valence-electron chi connectivity index (χ4n) is 4.15. The van der Waals surface area contributed by atoms with Gasteiger partial charge in [-0.3, -0.25) is 9.59 Å². The summed E-state index contributed by atoms with van der Waals surface area (Å²) in [6, 6.07) is 14.4. The number of hydrogen-bond acceptors (Lipinski definition) is 8. The van der Waals surface area contributed by atoms with Gasteiger partial charge in [-0.1, -0.05) is 36.4 Å². The molecule has 1 aliphatic heterocycles. The van der Waals surface area contributed by atoms with Crippen molar-refractivity contribution in [2.75, 3.05) is 27.8 Å². The number of carbonyl (C=O) groups excluding carboxylic acids is 1. The number of methoxy groups -OCH3 is 2. The van der Waals surface area contributed by atoms with E-state index in [1.165, 1.54) is 25.4 Å². The minimum Gasteiger partial charge on any atom is -0.464 e. The molecule has 2 aromatic carbocycles. The van der Waals surface area contributed by atoms with Crippen molar-refractivity contribution in [3.05, 3.63) is 93.5 Å². The molecule has 3 aromatic rings. The molecule has 0 saturated heterocycles. The molecule has 37 heavy (non-hydrogen) atoms. The SMILES string of the molecule is COC(CN(C)C(=O)C1=C[C@H](c2coc3ccccc3c2=O)C[C@H](OCc2ccc(CO)cc2)O1)OC. The monoisotopic (exact) mass is 509 g/mol. The van der Waals surface area contributed by atoms with Crippen LogP contribution >= 0.6 is 0 Å². The number of ether oxygens (including phenoxy) is 4. The summed E-state index contributed by atoms with van der Waals surface area (Å²) in [6.07, 6.45) is 2.02. The van der Waals surface area contributed by atoms with Crippen LogP contribution in [-0.2, 0) is 37.0 Å². The van der Waals surface area contributed by atoms with Gasteiger partial charge in [-0.2, -0.15) is 0 Å². The molecule has 0 saturated carbocycles. The first-order chi connectivity index (χ1) is 17.9. The van der Waals surface area contributed by atoms with E-state index in [0.29, 0.717) is 23.0 Å². The maximum atomic E-state index is 13.3. The van der Waals surface area contributed by atoms with Gasteiger partial charge < -0.3 is 33.4 Å². The minimum atomic E-state index is -0.786. The van der Waals surface area contributed by atoms with Crippen molar-refractivity contribution >= 4 is 16.9 Å². The van der Waals surface area contributed by atoms with Gasteiger partial charge in [-0.05, 0) is 29.3 Å².